The second-order valence-electron chi connectivity index (χ2n) is 4.72. The van der Waals surface area contributed by atoms with Gasteiger partial charge in [0.15, 0.2) is 21.3 Å². The van der Waals surface area contributed by atoms with Gasteiger partial charge in [0.25, 0.3) is 0 Å². The Balaban J connectivity index is 2.12. The van der Waals surface area contributed by atoms with Gasteiger partial charge in [0.2, 0.25) is 0 Å². The molecule has 9 heteroatoms. The Hall–Kier alpha value is -0.800. The van der Waals surface area contributed by atoms with Crippen molar-refractivity contribution in [1.29, 1.82) is 0 Å². The molecule has 0 bridgehead atoms. The lowest BCUT2D eigenvalue weighted by atomic mass is 10.4. The van der Waals surface area contributed by atoms with Crippen LogP contribution in [0, 0.1) is 0 Å². The summed E-state index contributed by atoms with van der Waals surface area (Å²) >= 11 is 5.05. The Kier molecular flexibility index (Phi) is 4.15. The molecule has 6 nitrogen and oxygen atoms in total. The number of anilines is 1. The average molecular weight is 391 g/mol. The molecule has 0 aliphatic carbocycles. The molecule has 1 saturated heterocycles. The van der Waals surface area contributed by atoms with Gasteiger partial charge in [-0.2, -0.15) is 11.8 Å². The van der Waals surface area contributed by atoms with E-state index in [9.17, 15) is 8.42 Å². The van der Waals surface area contributed by atoms with E-state index in [-0.39, 0.29) is 5.75 Å². The first-order valence-corrected chi connectivity index (χ1v) is 10.2. The summed E-state index contributed by atoms with van der Waals surface area (Å²) in [6.07, 6.45) is 5.33. The van der Waals surface area contributed by atoms with Gasteiger partial charge >= 0.3 is 0 Å². The zero-order valence-electron chi connectivity index (χ0n) is 11.4. The first-order chi connectivity index (χ1) is 10.0. The molecule has 3 rings (SSSR count). The Morgan fingerprint density at radius 1 is 1.52 bits per heavy atom. The normalized spacial score (nSPS) is 20.1. The monoisotopic (exact) mass is 390 g/mol. The Morgan fingerprint density at radius 3 is 3.10 bits per heavy atom. The molecule has 1 aliphatic rings. The molecule has 0 spiro atoms. The van der Waals surface area contributed by atoms with E-state index in [4.69, 9.17) is 0 Å². The molecule has 1 fully saturated rings. The molecule has 3 heterocycles. The van der Waals surface area contributed by atoms with E-state index in [1.165, 1.54) is 0 Å². The van der Waals surface area contributed by atoms with Gasteiger partial charge in [-0.15, -0.1) is 0 Å². The standard InChI is InChI=1S/C12H15BrN4O2S2/c1-2-21(18,19)10-8-20-6-5-17(10)12-11-14-3-4-16(11)7-9(13)15-12/h3-4,7,10H,2,5-6,8H2,1H3. The minimum absolute atomic E-state index is 0.132. The highest BCUT2D eigenvalue weighted by molar-refractivity contribution is 9.10. The molecule has 1 aliphatic heterocycles. The van der Waals surface area contributed by atoms with Crippen LogP contribution in [-0.2, 0) is 9.84 Å². The van der Waals surface area contributed by atoms with E-state index in [1.807, 2.05) is 21.7 Å². The molecular weight excluding hydrogens is 376 g/mol. The van der Waals surface area contributed by atoms with Crippen molar-refractivity contribution in [3.63, 3.8) is 0 Å². The largest absolute Gasteiger partial charge is 0.335 e. The van der Waals surface area contributed by atoms with Crippen molar-refractivity contribution in [2.24, 2.45) is 0 Å². The molecule has 1 atom stereocenters. The summed E-state index contributed by atoms with van der Waals surface area (Å²) in [7, 11) is -3.17. The quantitative estimate of drug-likeness (QED) is 0.795. The highest BCUT2D eigenvalue weighted by Gasteiger charge is 2.35. The SMILES string of the molecule is CCS(=O)(=O)C1CSCCN1c1nc(Br)cn2ccnc12. The molecule has 0 aromatic carbocycles. The minimum Gasteiger partial charge on any atom is -0.335 e. The third-order valence-corrected chi connectivity index (χ3v) is 7.17. The van der Waals surface area contributed by atoms with Crippen molar-refractivity contribution in [3.05, 3.63) is 23.2 Å². The average Bonchev–Trinajstić information content (AvgIpc) is 2.94. The molecule has 0 amide bonds. The predicted octanol–water partition coefficient (Wildman–Crippen LogP) is 1.81. The van der Waals surface area contributed by atoms with E-state index < -0.39 is 15.2 Å². The summed E-state index contributed by atoms with van der Waals surface area (Å²) in [5.74, 6) is 2.21. The van der Waals surface area contributed by atoms with Crippen LogP contribution in [0.2, 0.25) is 0 Å². The fourth-order valence-corrected chi connectivity index (χ4v) is 5.75. The van der Waals surface area contributed by atoms with Crippen LogP contribution < -0.4 is 4.90 Å². The zero-order chi connectivity index (χ0) is 15.0. The van der Waals surface area contributed by atoms with Gasteiger partial charge in [0, 0.05) is 42.4 Å². The summed E-state index contributed by atoms with van der Waals surface area (Å²) in [5.41, 5.74) is 0.682. The number of sulfone groups is 1. The van der Waals surface area contributed by atoms with E-state index in [0.29, 0.717) is 28.4 Å². The number of nitrogens with zero attached hydrogens (tertiary/aromatic N) is 4. The summed E-state index contributed by atoms with van der Waals surface area (Å²) in [4.78, 5) is 10.7. The van der Waals surface area contributed by atoms with E-state index in [0.717, 1.165) is 5.75 Å². The van der Waals surface area contributed by atoms with Crippen LogP contribution in [0.1, 0.15) is 6.92 Å². The third kappa shape index (κ3) is 2.78. The lowest BCUT2D eigenvalue weighted by molar-refractivity contribution is 0.579. The predicted molar refractivity (Wildman–Crippen MR) is 88.6 cm³/mol. The second-order valence-corrected chi connectivity index (χ2v) is 9.13. The van der Waals surface area contributed by atoms with Crippen molar-refractivity contribution in [1.82, 2.24) is 14.4 Å². The fraction of sp³-hybridized carbons (Fsp3) is 0.500. The van der Waals surface area contributed by atoms with Gasteiger partial charge < -0.3 is 9.30 Å². The van der Waals surface area contributed by atoms with Crippen LogP contribution in [0.15, 0.2) is 23.2 Å². The molecule has 0 saturated carbocycles. The second kappa shape index (κ2) is 5.77. The number of fused-ring (bicyclic) bond motifs is 1. The van der Waals surface area contributed by atoms with Crippen molar-refractivity contribution in [3.8, 4) is 0 Å². The summed E-state index contributed by atoms with van der Waals surface area (Å²) in [6.45, 7) is 2.34. The number of thioether (sulfide) groups is 1. The third-order valence-electron chi connectivity index (χ3n) is 3.50. The van der Waals surface area contributed by atoms with Crippen molar-refractivity contribution < 1.29 is 8.42 Å². The van der Waals surface area contributed by atoms with Gasteiger partial charge in [-0.25, -0.2) is 18.4 Å². The first kappa shape index (κ1) is 15.1. The van der Waals surface area contributed by atoms with Crippen molar-refractivity contribution >= 4 is 49.0 Å². The fourth-order valence-electron chi connectivity index (χ4n) is 2.39. The Labute approximate surface area is 136 Å². The van der Waals surface area contributed by atoms with Crippen LogP contribution in [-0.4, -0.2) is 52.0 Å². The highest BCUT2D eigenvalue weighted by Crippen LogP contribution is 2.29. The number of imidazole rings is 1. The molecule has 114 valence electrons. The molecule has 0 N–H and O–H groups in total. The first-order valence-electron chi connectivity index (χ1n) is 6.58. The highest BCUT2D eigenvalue weighted by atomic mass is 79.9. The smallest absolute Gasteiger partial charge is 0.180 e. The molecule has 2 aromatic heterocycles. The molecule has 21 heavy (non-hydrogen) atoms. The van der Waals surface area contributed by atoms with Gasteiger partial charge in [0.05, 0.1) is 0 Å². The molecular formula is C12H15BrN4O2S2. The maximum absolute atomic E-state index is 12.4. The van der Waals surface area contributed by atoms with Crippen LogP contribution in [0.4, 0.5) is 5.82 Å². The summed E-state index contributed by atoms with van der Waals surface area (Å²) in [5, 5.41) is -0.538. The summed E-state index contributed by atoms with van der Waals surface area (Å²) < 4.78 is 27.3. The van der Waals surface area contributed by atoms with Gasteiger partial charge in [-0.3, -0.25) is 0 Å². The van der Waals surface area contributed by atoms with Gasteiger partial charge in [-0.1, -0.05) is 6.92 Å². The van der Waals surface area contributed by atoms with Crippen molar-refractivity contribution in [2.75, 3.05) is 28.7 Å². The Morgan fingerprint density at radius 2 is 2.33 bits per heavy atom. The Bertz CT molecular complexity index is 762. The zero-order valence-corrected chi connectivity index (χ0v) is 14.7. The topological polar surface area (TPSA) is 67.6 Å². The van der Waals surface area contributed by atoms with Crippen LogP contribution in [0.3, 0.4) is 0 Å². The summed E-state index contributed by atoms with van der Waals surface area (Å²) in [6, 6.07) is 0. The van der Waals surface area contributed by atoms with Crippen LogP contribution >= 0.6 is 27.7 Å². The number of halogens is 1. The maximum Gasteiger partial charge on any atom is 0.180 e. The lowest BCUT2D eigenvalue weighted by Crippen LogP contribution is -2.48. The molecule has 0 radical (unpaired) electrons. The van der Waals surface area contributed by atoms with Crippen LogP contribution in [0.25, 0.3) is 5.65 Å². The number of hydrogen-bond donors (Lipinski definition) is 0. The number of hydrogen-bond acceptors (Lipinski definition) is 6. The molecule has 1 unspecified atom stereocenters. The number of aromatic nitrogens is 3. The van der Waals surface area contributed by atoms with Crippen LogP contribution in [0.5, 0.6) is 0 Å². The molecule has 2 aromatic rings. The van der Waals surface area contributed by atoms with E-state index in [2.05, 4.69) is 25.9 Å². The van der Waals surface area contributed by atoms with E-state index >= 15 is 0 Å². The lowest BCUT2D eigenvalue weighted by Gasteiger charge is -2.35. The number of rotatable bonds is 3. The van der Waals surface area contributed by atoms with Gasteiger partial charge in [-0.05, 0) is 15.9 Å². The van der Waals surface area contributed by atoms with Crippen molar-refractivity contribution in [2.45, 2.75) is 12.3 Å². The van der Waals surface area contributed by atoms with E-state index in [1.54, 1.807) is 24.9 Å². The minimum atomic E-state index is -3.17. The van der Waals surface area contributed by atoms with Gasteiger partial charge in [0.1, 0.15) is 9.98 Å². The maximum atomic E-state index is 12.4.